The number of ether oxygens (including phenoxy) is 1. The largest absolute Gasteiger partial charge is 0.497 e. The van der Waals surface area contributed by atoms with E-state index in [1.165, 1.54) is 24.2 Å². The first-order valence-electron chi connectivity index (χ1n) is 7.20. The number of methoxy groups -OCH3 is 1. The number of hydrogen-bond acceptors (Lipinski definition) is 3. The average molecular weight is 271 g/mol. The van der Waals surface area contributed by atoms with Crippen LogP contribution in [0.4, 0.5) is 0 Å². The van der Waals surface area contributed by atoms with Crippen LogP contribution in [0.3, 0.4) is 0 Å². The summed E-state index contributed by atoms with van der Waals surface area (Å²) in [7, 11) is 1.68. The summed E-state index contributed by atoms with van der Waals surface area (Å²) >= 11 is 0. The van der Waals surface area contributed by atoms with Gasteiger partial charge in [0.05, 0.1) is 19.1 Å². The van der Waals surface area contributed by atoms with E-state index in [1.54, 1.807) is 7.11 Å². The molecule has 0 saturated heterocycles. The molecule has 1 aromatic carbocycles. The van der Waals surface area contributed by atoms with Crippen molar-refractivity contribution in [2.45, 2.75) is 38.3 Å². The molecule has 3 rings (SSSR count). The predicted octanol–water partition coefficient (Wildman–Crippen LogP) is 2.47. The summed E-state index contributed by atoms with van der Waals surface area (Å²) < 4.78 is 7.48. The lowest BCUT2D eigenvalue weighted by molar-refractivity contribution is 0.413. The van der Waals surface area contributed by atoms with Crippen molar-refractivity contribution in [3.63, 3.8) is 0 Å². The van der Waals surface area contributed by atoms with Gasteiger partial charge in [-0.05, 0) is 43.4 Å². The summed E-state index contributed by atoms with van der Waals surface area (Å²) in [6.07, 6.45) is 6.69. The zero-order valence-corrected chi connectivity index (χ0v) is 11.9. The molecular weight excluding hydrogens is 250 g/mol. The number of hydrogen-bond donors (Lipinski definition) is 1. The molecule has 1 unspecified atom stereocenters. The molecule has 0 amide bonds. The maximum atomic E-state index is 6.34. The molecule has 1 atom stereocenters. The minimum absolute atomic E-state index is 0.0367. The highest BCUT2D eigenvalue weighted by Crippen LogP contribution is 2.23. The van der Waals surface area contributed by atoms with Gasteiger partial charge in [-0.15, -0.1) is 0 Å². The molecule has 1 aromatic heterocycles. The molecule has 20 heavy (non-hydrogen) atoms. The zero-order chi connectivity index (χ0) is 13.9. The smallest absolute Gasteiger partial charge is 0.119 e. The predicted molar refractivity (Wildman–Crippen MR) is 78.8 cm³/mol. The highest BCUT2D eigenvalue weighted by molar-refractivity contribution is 5.30. The molecule has 1 aliphatic carbocycles. The van der Waals surface area contributed by atoms with Crippen molar-refractivity contribution in [1.82, 2.24) is 9.55 Å². The van der Waals surface area contributed by atoms with Crippen molar-refractivity contribution in [2.24, 2.45) is 5.73 Å². The molecule has 0 aliphatic heterocycles. The molecule has 106 valence electrons. The Kier molecular flexibility index (Phi) is 3.74. The second-order valence-electron chi connectivity index (χ2n) is 5.38. The number of aromatic nitrogens is 2. The van der Waals surface area contributed by atoms with Crippen LogP contribution in [0, 0.1) is 0 Å². The fraction of sp³-hybridized carbons (Fsp3) is 0.438. The van der Waals surface area contributed by atoms with Gasteiger partial charge >= 0.3 is 0 Å². The summed E-state index contributed by atoms with van der Waals surface area (Å²) in [6.45, 7) is 0.773. The maximum absolute atomic E-state index is 6.34. The highest BCUT2D eigenvalue weighted by atomic mass is 16.5. The monoisotopic (exact) mass is 271 g/mol. The van der Waals surface area contributed by atoms with Gasteiger partial charge in [-0.2, -0.15) is 0 Å². The Balaban J connectivity index is 1.78. The number of benzene rings is 1. The van der Waals surface area contributed by atoms with Crippen molar-refractivity contribution in [1.29, 1.82) is 0 Å². The topological polar surface area (TPSA) is 53.1 Å². The number of fused-ring (bicyclic) bond motifs is 1. The summed E-state index contributed by atoms with van der Waals surface area (Å²) in [5.41, 5.74) is 10.1. The summed E-state index contributed by atoms with van der Waals surface area (Å²) in [4.78, 5) is 4.52. The Morgan fingerprint density at radius 1 is 1.35 bits per heavy atom. The molecule has 0 fully saturated rings. The number of nitrogens with two attached hydrogens (primary N) is 1. The maximum Gasteiger partial charge on any atom is 0.119 e. The third kappa shape index (κ3) is 2.56. The number of imidazole rings is 1. The molecule has 0 radical (unpaired) electrons. The van der Waals surface area contributed by atoms with E-state index >= 15 is 0 Å². The van der Waals surface area contributed by atoms with E-state index in [4.69, 9.17) is 10.5 Å². The second kappa shape index (κ2) is 5.67. The van der Waals surface area contributed by atoms with Gasteiger partial charge in [0, 0.05) is 18.3 Å². The highest BCUT2D eigenvalue weighted by Gasteiger charge is 2.17. The Bertz CT molecular complexity index is 591. The average Bonchev–Trinajstić information content (AvgIpc) is 2.90. The van der Waals surface area contributed by atoms with Crippen LogP contribution in [0.2, 0.25) is 0 Å². The SMILES string of the molecule is COc1cccc(C(N)Cn2cnc3c2CCCC3)c1. The minimum atomic E-state index is -0.0367. The van der Waals surface area contributed by atoms with E-state index in [1.807, 2.05) is 24.5 Å². The van der Waals surface area contributed by atoms with Gasteiger partial charge in [0.2, 0.25) is 0 Å². The van der Waals surface area contributed by atoms with Crippen molar-refractivity contribution in [3.05, 3.63) is 47.5 Å². The van der Waals surface area contributed by atoms with Gasteiger partial charge in [-0.3, -0.25) is 0 Å². The lowest BCUT2D eigenvalue weighted by Gasteiger charge is -2.18. The summed E-state index contributed by atoms with van der Waals surface area (Å²) in [5, 5.41) is 0. The molecule has 4 heteroatoms. The van der Waals surface area contributed by atoms with Crippen LogP contribution in [0.1, 0.15) is 35.8 Å². The summed E-state index contributed by atoms with van der Waals surface area (Å²) in [5.74, 6) is 0.852. The van der Waals surface area contributed by atoms with Gasteiger partial charge in [-0.25, -0.2) is 4.98 Å². The van der Waals surface area contributed by atoms with E-state index < -0.39 is 0 Å². The zero-order valence-electron chi connectivity index (χ0n) is 11.9. The third-order valence-corrected chi connectivity index (χ3v) is 4.03. The fourth-order valence-electron chi connectivity index (χ4n) is 2.88. The lowest BCUT2D eigenvalue weighted by Crippen LogP contribution is -2.19. The summed E-state index contributed by atoms with van der Waals surface area (Å²) in [6, 6.07) is 7.95. The van der Waals surface area contributed by atoms with E-state index in [2.05, 4.69) is 15.6 Å². The van der Waals surface area contributed by atoms with Crippen LogP contribution >= 0.6 is 0 Å². The van der Waals surface area contributed by atoms with Crippen molar-refractivity contribution in [2.75, 3.05) is 7.11 Å². The van der Waals surface area contributed by atoms with Gasteiger partial charge < -0.3 is 15.0 Å². The Morgan fingerprint density at radius 3 is 3.05 bits per heavy atom. The van der Waals surface area contributed by atoms with Gasteiger partial charge in [-0.1, -0.05) is 12.1 Å². The van der Waals surface area contributed by atoms with Gasteiger partial charge in [0.1, 0.15) is 5.75 Å². The van der Waals surface area contributed by atoms with Crippen LogP contribution in [-0.4, -0.2) is 16.7 Å². The number of rotatable bonds is 4. The van der Waals surface area contributed by atoms with Gasteiger partial charge in [0.25, 0.3) is 0 Å². The van der Waals surface area contributed by atoms with Crippen molar-refractivity contribution in [3.8, 4) is 5.75 Å². The molecule has 4 nitrogen and oxygen atoms in total. The molecule has 0 spiro atoms. The number of nitrogens with zero attached hydrogens (tertiary/aromatic N) is 2. The molecule has 0 bridgehead atoms. The molecular formula is C16H21N3O. The van der Waals surface area contributed by atoms with Crippen LogP contribution in [0.25, 0.3) is 0 Å². The Labute approximate surface area is 119 Å². The standard InChI is InChI=1S/C16H21N3O/c1-20-13-6-4-5-12(9-13)14(17)10-19-11-18-15-7-2-3-8-16(15)19/h4-6,9,11,14H,2-3,7-8,10,17H2,1H3. The molecule has 1 aliphatic rings. The first-order valence-corrected chi connectivity index (χ1v) is 7.20. The molecule has 1 heterocycles. The third-order valence-electron chi connectivity index (χ3n) is 4.03. The number of aryl methyl sites for hydroxylation is 1. The molecule has 2 N–H and O–H groups in total. The first kappa shape index (κ1) is 13.2. The fourth-order valence-corrected chi connectivity index (χ4v) is 2.88. The normalized spacial score (nSPS) is 15.7. The van der Waals surface area contributed by atoms with E-state index in [-0.39, 0.29) is 6.04 Å². The lowest BCUT2D eigenvalue weighted by atomic mass is 10.0. The Hall–Kier alpha value is -1.81. The minimum Gasteiger partial charge on any atom is -0.497 e. The van der Waals surface area contributed by atoms with E-state index in [0.29, 0.717) is 0 Å². The van der Waals surface area contributed by atoms with E-state index in [9.17, 15) is 0 Å². The van der Waals surface area contributed by atoms with Crippen LogP contribution < -0.4 is 10.5 Å². The van der Waals surface area contributed by atoms with Crippen molar-refractivity contribution >= 4 is 0 Å². The first-order chi connectivity index (χ1) is 9.78. The Morgan fingerprint density at radius 2 is 2.20 bits per heavy atom. The second-order valence-corrected chi connectivity index (χ2v) is 5.38. The van der Waals surface area contributed by atoms with Gasteiger partial charge in [0.15, 0.2) is 0 Å². The van der Waals surface area contributed by atoms with Crippen LogP contribution in [0.5, 0.6) is 5.75 Å². The van der Waals surface area contributed by atoms with E-state index in [0.717, 1.165) is 30.7 Å². The van der Waals surface area contributed by atoms with Crippen LogP contribution in [0.15, 0.2) is 30.6 Å². The molecule has 2 aromatic rings. The van der Waals surface area contributed by atoms with Crippen LogP contribution in [-0.2, 0) is 19.4 Å². The molecule has 0 saturated carbocycles. The quantitative estimate of drug-likeness (QED) is 0.929. The van der Waals surface area contributed by atoms with Crippen molar-refractivity contribution < 1.29 is 4.74 Å².